The molecular formula is C13H22N4O2. The van der Waals surface area contributed by atoms with Crippen molar-refractivity contribution in [2.24, 2.45) is 5.92 Å². The van der Waals surface area contributed by atoms with E-state index < -0.39 is 0 Å². The highest BCUT2D eigenvalue weighted by Gasteiger charge is 2.08. The second-order valence-electron chi connectivity index (χ2n) is 5.13. The highest BCUT2D eigenvalue weighted by molar-refractivity contribution is 5.80. The van der Waals surface area contributed by atoms with Crippen LogP contribution in [0, 0.1) is 5.92 Å². The van der Waals surface area contributed by atoms with E-state index in [0.717, 1.165) is 0 Å². The summed E-state index contributed by atoms with van der Waals surface area (Å²) in [7, 11) is 0. The Bertz CT molecular complexity index is 480. The lowest BCUT2D eigenvalue weighted by Crippen LogP contribution is -2.34. The molecule has 1 aromatic rings. The number of nitrogens with one attached hydrogen (secondary N) is 2. The molecule has 1 amide bonds. The molecule has 0 saturated carbocycles. The van der Waals surface area contributed by atoms with Gasteiger partial charge in [0.05, 0.1) is 6.54 Å². The Morgan fingerprint density at radius 2 is 2.05 bits per heavy atom. The highest BCUT2D eigenvalue weighted by atomic mass is 16.2. The minimum absolute atomic E-state index is 0.0526. The van der Waals surface area contributed by atoms with E-state index in [2.05, 4.69) is 15.6 Å². The Kier molecular flexibility index (Phi) is 5.54. The van der Waals surface area contributed by atoms with Gasteiger partial charge >= 0.3 is 0 Å². The van der Waals surface area contributed by atoms with Crippen molar-refractivity contribution in [2.45, 2.75) is 33.7 Å². The van der Waals surface area contributed by atoms with Crippen LogP contribution in [0.25, 0.3) is 0 Å². The van der Waals surface area contributed by atoms with Gasteiger partial charge in [-0.3, -0.25) is 9.59 Å². The molecule has 0 aliphatic rings. The summed E-state index contributed by atoms with van der Waals surface area (Å²) < 4.78 is 1.57. The molecule has 6 nitrogen and oxygen atoms in total. The monoisotopic (exact) mass is 266 g/mol. The van der Waals surface area contributed by atoms with E-state index >= 15 is 0 Å². The summed E-state index contributed by atoms with van der Waals surface area (Å²) in [5.74, 6) is 0.461. The van der Waals surface area contributed by atoms with Gasteiger partial charge in [0.15, 0.2) is 5.82 Å². The summed E-state index contributed by atoms with van der Waals surface area (Å²) in [6.45, 7) is 8.55. The summed E-state index contributed by atoms with van der Waals surface area (Å²) >= 11 is 0. The smallest absolute Gasteiger partial charge is 0.293 e. The third-order valence-corrected chi connectivity index (χ3v) is 2.55. The number of anilines is 1. The molecule has 2 N–H and O–H groups in total. The number of hydrogen-bond acceptors (Lipinski definition) is 4. The van der Waals surface area contributed by atoms with Crippen molar-refractivity contribution in [2.75, 3.05) is 18.4 Å². The van der Waals surface area contributed by atoms with Crippen molar-refractivity contribution in [1.29, 1.82) is 0 Å². The number of rotatable bonds is 6. The first kappa shape index (κ1) is 15.2. The fraction of sp³-hybridized carbons (Fsp3) is 0.615. The van der Waals surface area contributed by atoms with Gasteiger partial charge < -0.3 is 15.2 Å². The van der Waals surface area contributed by atoms with Crippen LogP contribution in [0.1, 0.15) is 33.7 Å². The molecule has 0 atom stereocenters. The lowest BCUT2D eigenvalue weighted by molar-refractivity contribution is -0.119. The van der Waals surface area contributed by atoms with E-state index in [9.17, 15) is 9.59 Å². The first-order chi connectivity index (χ1) is 8.91. The second-order valence-corrected chi connectivity index (χ2v) is 5.13. The summed E-state index contributed by atoms with van der Waals surface area (Å²) in [6, 6.07) is 0.0609. The lowest BCUT2D eigenvalue weighted by atomic mass is 10.2. The zero-order chi connectivity index (χ0) is 14.4. The van der Waals surface area contributed by atoms with Crippen LogP contribution in [0.5, 0.6) is 0 Å². The standard InChI is InChI=1S/C13H22N4O2/c1-9(2)7-15-11(18)8-16-12-13(19)17(10(3)4)6-5-14-12/h5-6,9-10H,7-8H2,1-4H3,(H,14,16)(H,15,18). The predicted octanol–water partition coefficient (Wildman–Crippen LogP) is 1.01. The summed E-state index contributed by atoms with van der Waals surface area (Å²) in [5, 5.41) is 5.55. The number of hydrogen-bond donors (Lipinski definition) is 2. The minimum atomic E-state index is -0.214. The molecule has 0 unspecified atom stereocenters. The molecule has 0 aromatic carbocycles. The summed E-state index contributed by atoms with van der Waals surface area (Å²) in [5.41, 5.74) is -0.214. The molecule has 1 aromatic heterocycles. The number of amides is 1. The van der Waals surface area contributed by atoms with Crippen molar-refractivity contribution in [3.8, 4) is 0 Å². The number of nitrogens with zero attached hydrogens (tertiary/aromatic N) is 2. The van der Waals surface area contributed by atoms with Crippen LogP contribution in [-0.4, -0.2) is 28.5 Å². The molecule has 106 valence electrons. The van der Waals surface area contributed by atoms with Gasteiger partial charge in [0.25, 0.3) is 5.56 Å². The van der Waals surface area contributed by atoms with Crippen molar-refractivity contribution in [1.82, 2.24) is 14.9 Å². The molecule has 6 heteroatoms. The Balaban J connectivity index is 2.61. The van der Waals surface area contributed by atoms with Crippen LogP contribution in [-0.2, 0) is 4.79 Å². The quantitative estimate of drug-likeness (QED) is 0.805. The average Bonchev–Trinajstić information content (AvgIpc) is 2.34. The maximum Gasteiger partial charge on any atom is 0.293 e. The predicted molar refractivity (Wildman–Crippen MR) is 75.2 cm³/mol. The molecule has 0 aliphatic heterocycles. The van der Waals surface area contributed by atoms with Gasteiger partial charge in [-0.15, -0.1) is 0 Å². The van der Waals surface area contributed by atoms with E-state index in [4.69, 9.17) is 0 Å². The minimum Gasteiger partial charge on any atom is -0.356 e. The first-order valence-electron chi connectivity index (χ1n) is 6.49. The summed E-state index contributed by atoms with van der Waals surface area (Å²) in [6.07, 6.45) is 3.19. The molecule has 19 heavy (non-hydrogen) atoms. The van der Waals surface area contributed by atoms with Gasteiger partial charge in [-0.25, -0.2) is 4.98 Å². The Hall–Kier alpha value is -1.85. The zero-order valence-corrected chi connectivity index (χ0v) is 11.9. The van der Waals surface area contributed by atoms with E-state index in [1.54, 1.807) is 17.0 Å². The van der Waals surface area contributed by atoms with Crippen LogP contribution < -0.4 is 16.2 Å². The maximum atomic E-state index is 12.0. The van der Waals surface area contributed by atoms with E-state index in [1.807, 2.05) is 27.7 Å². The van der Waals surface area contributed by atoms with Crippen LogP contribution in [0.3, 0.4) is 0 Å². The number of carbonyl (C=O) groups is 1. The van der Waals surface area contributed by atoms with Crippen LogP contribution in [0.4, 0.5) is 5.82 Å². The number of aromatic nitrogens is 2. The Morgan fingerprint density at radius 1 is 1.37 bits per heavy atom. The fourth-order valence-electron chi connectivity index (χ4n) is 1.50. The molecule has 0 bridgehead atoms. The van der Waals surface area contributed by atoms with Crippen LogP contribution in [0.2, 0.25) is 0 Å². The van der Waals surface area contributed by atoms with Gasteiger partial charge in [0, 0.05) is 25.0 Å². The van der Waals surface area contributed by atoms with Gasteiger partial charge in [0.1, 0.15) is 0 Å². The Morgan fingerprint density at radius 3 is 2.63 bits per heavy atom. The molecule has 1 heterocycles. The SMILES string of the molecule is CC(C)CNC(=O)CNc1nccn(C(C)C)c1=O. The van der Waals surface area contributed by atoms with E-state index in [1.165, 1.54) is 0 Å². The molecule has 1 rings (SSSR count). The van der Waals surface area contributed by atoms with Crippen molar-refractivity contribution < 1.29 is 4.79 Å². The van der Waals surface area contributed by atoms with E-state index in [0.29, 0.717) is 12.5 Å². The zero-order valence-electron chi connectivity index (χ0n) is 11.9. The molecule has 0 spiro atoms. The van der Waals surface area contributed by atoms with Gasteiger partial charge in [-0.05, 0) is 19.8 Å². The normalized spacial score (nSPS) is 10.8. The van der Waals surface area contributed by atoms with E-state index in [-0.39, 0.29) is 29.9 Å². The molecule has 0 fully saturated rings. The second kappa shape index (κ2) is 6.92. The highest BCUT2D eigenvalue weighted by Crippen LogP contribution is 2.00. The van der Waals surface area contributed by atoms with Crippen LogP contribution in [0.15, 0.2) is 17.2 Å². The van der Waals surface area contributed by atoms with Gasteiger partial charge in [-0.1, -0.05) is 13.8 Å². The Labute approximate surface area is 113 Å². The molecule has 0 saturated heterocycles. The maximum absolute atomic E-state index is 12.0. The third-order valence-electron chi connectivity index (χ3n) is 2.55. The van der Waals surface area contributed by atoms with Crippen molar-refractivity contribution in [3.63, 3.8) is 0 Å². The third kappa shape index (κ3) is 4.73. The van der Waals surface area contributed by atoms with Crippen molar-refractivity contribution >= 4 is 11.7 Å². The van der Waals surface area contributed by atoms with Gasteiger partial charge in [0.2, 0.25) is 5.91 Å². The first-order valence-corrected chi connectivity index (χ1v) is 6.49. The lowest BCUT2D eigenvalue weighted by Gasteiger charge is -2.12. The molecule has 0 radical (unpaired) electrons. The van der Waals surface area contributed by atoms with Crippen LogP contribution >= 0.6 is 0 Å². The van der Waals surface area contributed by atoms with Crippen molar-refractivity contribution in [3.05, 3.63) is 22.7 Å². The average molecular weight is 266 g/mol. The topological polar surface area (TPSA) is 76.0 Å². The molecular weight excluding hydrogens is 244 g/mol. The van der Waals surface area contributed by atoms with Gasteiger partial charge in [-0.2, -0.15) is 0 Å². The molecule has 0 aliphatic carbocycles. The summed E-state index contributed by atoms with van der Waals surface area (Å²) in [4.78, 5) is 27.5. The number of carbonyl (C=O) groups excluding carboxylic acids is 1. The fourth-order valence-corrected chi connectivity index (χ4v) is 1.50. The largest absolute Gasteiger partial charge is 0.356 e.